The van der Waals surface area contributed by atoms with Crippen molar-refractivity contribution in [3.63, 3.8) is 0 Å². The Balaban J connectivity index is 1.37. The second kappa shape index (κ2) is 7.66. The van der Waals surface area contributed by atoms with Crippen molar-refractivity contribution in [3.8, 4) is 11.5 Å². The fourth-order valence-electron chi connectivity index (χ4n) is 4.34. The van der Waals surface area contributed by atoms with Gasteiger partial charge in [0.25, 0.3) is 5.91 Å². The van der Waals surface area contributed by atoms with Crippen molar-refractivity contribution >= 4 is 22.2 Å². The monoisotopic (exact) mass is 422 g/mol. The smallest absolute Gasteiger partial charge is 0.256 e. The van der Waals surface area contributed by atoms with Crippen LogP contribution in [-0.2, 0) is 19.5 Å². The average Bonchev–Trinajstić information content (AvgIpc) is 3.12. The molecule has 3 aromatic rings. The first-order chi connectivity index (χ1) is 14.6. The van der Waals surface area contributed by atoms with Gasteiger partial charge in [0.1, 0.15) is 24.3 Å². The maximum Gasteiger partial charge on any atom is 0.256 e. The molecule has 30 heavy (non-hydrogen) atoms. The third-order valence-electron chi connectivity index (χ3n) is 5.84. The van der Waals surface area contributed by atoms with Crippen LogP contribution in [0, 0.1) is 0 Å². The van der Waals surface area contributed by atoms with Crippen LogP contribution in [0.2, 0.25) is 0 Å². The number of anilines is 1. The fourth-order valence-corrected chi connectivity index (χ4v) is 5.68. The molecule has 1 aromatic heterocycles. The van der Waals surface area contributed by atoms with Crippen LogP contribution in [0.5, 0.6) is 11.5 Å². The zero-order chi connectivity index (χ0) is 20.7. The van der Waals surface area contributed by atoms with E-state index in [1.165, 1.54) is 28.0 Å². The summed E-state index contributed by atoms with van der Waals surface area (Å²) in [5.41, 5.74) is 4.11. The number of hydrogen-bond acceptors (Lipinski definition) is 5. The second-order valence-electron chi connectivity index (χ2n) is 7.78. The highest BCUT2D eigenvalue weighted by Gasteiger charge is 2.34. The number of benzene rings is 2. The molecule has 154 valence electrons. The highest BCUT2D eigenvalue weighted by molar-refractivity contribution is 7.16. The predicted molar refractivity (Wildman–Crippen MR) is 116 cm³/mol. The van der Waals surface area contributed by atoms with Crippen LogP contribution >= 0.6 is 11.3 Å². The molecular formula is C23H24N3O3S+. The van der Waals surface area contributed by atoms with E-state index in [0.29, 0.717) is 5.75 Å². The summed E-state index contributed by atoms with van der Waals surface area (Å²) in [7, 11) is 1.51. The van der Waals surface area contributed by atoms with E-state index in [9.17, 15) is 9.90 Å². The lowest BCUT2D eigenvalue weighted by atomic mass is 10.00. The number of aromatic hydroxyl groups is 1. The summed E-state index contributed by atoms with van der Waals surface area (Å²) < 4.78 is 5.11. The molecule has 2 aliphatic heterocycles. The van der Waals surface area contributed by atoms with E-state index in [1.807, 2.05) is 12.1 Å². The molecule has 2 aromatic carbocycles. The molecule has 3 heterocycles. The third-order valence-corrected chi connectivity index (χ3v) is 7.00. The van der Waals surface area contributed by atoms with E-state index in [1.54, 1.807) is 23.5 Å². The van der Waals surface area contributed by atoms with E-state index in [4.69, 9.17) is 4.74 Å². The Hall–Kier alpha value is -3.03. The van der Waals surface area contributed by atoms with Gasteiger partial charge in [-0.05, 0) is 23.3 Å². The van der Waals surface area contributed by atoms with E-state index in [0.717, 1.165) is 42.2 Å². The van der Waals surface area contributed by atoms with E-state index in [2.05, 4.69) is 34.9 Å². The van der Waals surface area contributed by atoms with Crippen LogP contribution in [0.3, 0.4) is 0 Å². The number of hydrogen-bond donors (Lipinski definition) is 4. The molecular weight excluding hydrogens is 398 g/mol. The molecule has 0 bridgehead atoms. The first kappa shape index (κ1) is 19.0. The maximum absolute atomic E-state index is 12.9. The number of rotatable bonds is 4. The lowest BCUT2D eigenvalue weighted by molar-refractivity contribution is -0.929. The summed E-state index contributed by atoms with van der Waals surface area (Å²) in [6.45, 7) is 2.95. The molecule has 4 N–H and O–H groups in total. The van der Waals surface area contributed by atoms with Crippen molar-refractivity contribution < 1.29 is 19.5 Å². The largest absolute Gasteiger partial charge is 0.504 e. The van der Waals surface area contributed by atoms with Gasteiger partial charge in [0.05, 0.1) is 24.1 Å². The number of phenols is 1. The molecule has 0 fully saturated rings. The summed E-state index contributed by atoms with van der Waals surface area (Å²) in [6, 6.07) is 15.7. The number of carbonyl (C=O) groups is 1. The van der Waals surface area contributed by atoms with Gasteiger partial charge < -0.3 is 25.4 Å². The molecule has 5 rings (SSSR count). The minimum Gasteiger partial charge on any atom is -0.504 e. The number of thiophene rings is 1. The maximum atomic E-state index is 12.9. The summed E-state index contributed by atoms with van der Waals surface area (Å²) >= 11 is 1.69. The summed E-state index contributed by atoms with van der Waals surface area (Å²) in [4.78, 5) is 15.8. The standard InChI is InChI=1S/C23H23N3O3S/c1-29-18-8-7-15(11-17(18)27)21-24-22(28)20-16-9-10-26(12-14-5-3-2-4-6-14)13-19(16)30-23(20)25-21/h2-8,11,21,25,27H,9-10,12-13H2,1H3,(H,24,28)/p+1/t21-/m1/s1. The lowest BCUT2D eigenvalue weighted by Gasteiger charge is -2.27. The first-order valence-electron chi connectivity index (χ1n) is 10.1. The van der Waals surface area contributed by atoms with Gasteiger partial charge in [0.15, 0.2) is 11.5 Å². The lowest BCUT2D eigenvalue weighted by Crippen LogP contribution is -3.10. The topological polar surface area (TPSA) is 75.0 Å². The molecule has 0 saturated heterocycles. The Morgan fingerprint density at radius 1 is 1.20 bits per heavy atom. The molecule has 0 aliphatic carbocycles. The first-order valence-corrected chi connectivity index (χ1v) is 10.9. The minimum absolute atomic E-state index is 0.0481. The predicted octanol–water partition coefficient (Wildman–Crippen LogP) is 2.46. The molecule has 6 nitrogen and oxygen atoms in total. The molecule has 7 heteroatoms. The van der Waals surface area contributed by atoms with Crippen LogP contribution in [-0.4, -0.2) is 24.7 Å². The van der Waals surface area contributed by atoms with Crippen molar-refractivity contribution in [1.29, 1.82) is 0 Å². The van der Waals surface area contributed by atoms with E-state index in [-0.39, 0.29) is 17.8 Å². The highest BCUT2D eigenvalue weighted by Crippen LogP contribution is 2.40. The van der Waals surface area contributed by atoms with Gasteiger partial charge in [0, 0.05) is 12.0 Å². The Kier molecular flexibility index (Phi) is 4.84. The summed E-state index contributed by atoms with van der Waals surface area (Å²) in [6.07, 6.45) is 0.529. The van der Waals surface area contributed by atoms with Gasteiger partial charge in [-0.2, -0.15) is 0 Å². The average molecular weight is 423 g/mol. The minimum atomic E-state index is -0.380. The van der Waals surface area contributed by atoms with E-state index >= 15 is 0 Å². The molecule has 1 unspecified atom stereocenters. The van der Waals surface area contributed by atoms with Crippen LogP contribution in [0.25, 0.3) is 0 Å². The number of nitrogens with one attached hydrogen (secondary N) is 3. The van der Waals surface area contributed by atoms with Crippen LogP contribution < -0.4 is 20.3 Å². The van der Waals surface area contributed by atoms with Crippen LogP contribution in [0.4, 0.5) is 5.00 Å². The number of carbonyl (C=O) groups excluding carboxylic acids is 1. The number of phenolic OH excluding ortho intramolecular Hbond substituents is 1. The fraction of sp³-hybridized carbons (Fsp3) is 0.261. The van der Waals surface area contributed by atoms with Gasteiger partial charge in [-0.3, -0.25) is 4.79 Å². The zero-order valence-electron chi connectivity index (χ0n) is 16.7. The molecule has 2 atom stereocenters. The van der Waals surface area contributed by atoms with Crippen molar-refractivity contribution in [1.82, 2.24) is 5.32 Å². The Bertz CT molecular complexity index is 1100. The summed E-state index contributed by atoms with van der Waals surface area (Å²) in [5.74, 6) is 0.421. The highest BCUT2D eigenvalue weighted by atomic mass is 32.1. The molecule has 1 amide bonds. The molecule has 0 saturated carbocycles. The molecule has 0 radical (unpaired) electrons. The Morgan fingerprint density at radius 3 is 2.80 bits per heavy atom. The second-order valence-corrected chi connectivity index (χ2v) is 8.88. The van der Waals surface area contributed by atoms with Gasteiger partial charge in [0.2, 0.25) is 0 Å². The van der Waals surface area contributed by atoms with Crippen molar-refractivity contribution in [2.75, 3.05) is 19.0 Å². The third kappa shape index (κ3) is 3.40. The van der Waals surface area contributed by atoms with Gasteiger partial charge >= 0.3 is 0 Å². The van der Waals surface area contributed by atoms with Crippen molar-refractivity contribution in [3.05, 3.63) is 75.7 Å². The number of ether oxygens (including phenoxy) is 1. The Labute approximate surface area is 179 Å². The van der Waals surface area contributed by atoms with Crippen molar-refractivity contribution in [2.24, 2.45) is 0 Å². The van der Waals surface area contributed by atoms with Gasteiger partial charge in [-0.1, -0.05) is 36.4 Å². The SMILES string of the molecule is COc1ccc([C@@H]2NC(=O)c3c(sc4c3CC[NH+](Cc3ccccc3)C4)N2)cc1O. The van der Waals surface area contributed by atoms with Crippen molar-refractivity contribution in [2.45, 2.75) is 25.7 Å². The Morgan fingerprint density at radius 2 is 2.03 bits per heavy atom. The van der Waals surface area contributed by atoms with E-state index < -0.39 is 0 Å². The number of amides is 1. The van der Waals surface area contributed by atoms with Gasteiger partial charge in [-0.25, -0.2) is 0 Å². The normalized spacial score (nSPS) is 20.0. The molecule has 0 spiro atoms. The van der Waals surface area contributed by atoms with Gasteiger partial charge in [-0.15, -0.1) is 11.3 Å². The number of quaternary nitrogens is 1. The van der Waals surface area contributed by atoms with Crippen LogP contribution in [0.15, 0.2) is 48.5 Å². The number of methoxy groups -OCH3 is 1. The zero-order valence-corrected chi connectivity index (χ0v) is 17.5. The quantitative estimate of drug-likeness (QED) is 0.521. The molecule has 2 aliphatic rings. The number of fused-ring (bicyclic) bond motifs is 3. The summed E-state index contributed by atoms with van der Waals surface area (Å²) in [5, 5.41) is 17.5. The van der Waals surface area contributed by atoms with Crippen LogP contribution in [0.1, 0.15) is 38.1 Å².